The minimum absolute atomic E-state index is 0.156. The van der Waals surface area contributed by atoms with Crippen LogP contribution in [0.1, 0.15) is 67.7 Å². The van der Waals surface area contributed by atoms with E-state index >= 15 is 0 Å². The van der Waals surface area contributed by atoms with E-state index in [0.29, 0.717) is 0 Å². The Morgan fingerprint density at radius 1 is 1.20 bits per heavy atom. The monoisotopic (exact) mass is 346 g/mol. The standard InChI is InChI=1S/C20H36N2O.C2H2/c1-14(2)16-11-10-12-22(16)18(23)17(20(7,8)9)21-15(3)13-19(4,5)6;1-2/h16-17,21H,1,3,10-13H2,2,4-9H3;1-2H/t16-,17+;/m0./s1. The topological polar surface area (TPSA) is 32.3 Å². The molecule has 0 unspecified atom stereocenters. The molecular weight excluding hydrogens is 308 g/mol. The van der Waals surface area contributed by atoms with Gasteiger partial charge in [-0.3, -0.25) is 4.79 Å². The molecule has 0 radical (unpaired) electrons. The lowest BCUT2D eigenvalue weighted by Gasteiger charge is -2.37. The van der Waals surface area contributed by atoms with Crippen LogP contribution in [0.5, 0.6) is 0 Å². The van der Waals surface area contributed by atoms with Crippen molar-refractivity contribution in [3.8, 4) is 12.8 Å². The highest BCUT2D eigenvalue weighted by molar-refractivity contribution is 5.84. The fourth-order valence-electron chi connectivity index (χ4n) is 3.25. The number of carbonyl (C=O) groups excluding carboxylic acids is 1. The number of hydrogen-bond donors (Lipinski definition) is 1. The molecular formula is C22H38N2O. The normalized spacial score (nSPS) is 18.8. The molecule has 1 heterocycles. The molecule has 0 aliphatic carbocycles. The van der Waals surface area contributed by atoms with Gasteiger partial charge in [0, 0.05) is 12.2 Å². The fraction of sp³-hybridized carbons (Fsp3) is 0.682. The number of allylic oxidation sites excluding steroid dienone is 1. The molecule has 1 aliphatic heterocycles. The van der Waals surface area contributed by atoms with Gasteiger partial charge in [-0.05, 0) is 37.0 Å². The van der Waals surface area contributed by atoms with Gasteiger partial charge in [0.1, 0.15) is 6.04 Å². The van der Waals surface area contributed by atoms with E-state index in [9.17, 15) is 4.79 Å². The molecule has 3 heteroatoms. The van der Waals surface area contributed by atoms with Gasteiger partial charge in [-0.15, -0.1) is 12.8 Å². The van der Waals surface area contributed by atoms with Gasteiger partial charge in [0.05, 0.1) is 6.04 Å². The average molecular weight is 347 g/mol. The molecule has 0 aromatic carbocycles. The Kier molecular flexibility index (Phi) is 8.51. The zero-order valence-electron chi connectivity index (χ0n) is 17.4. The van der Waals surface area contributed by atoms with E-state index in [1.807, 2.05) is 11.8 Å². The van der Waals surface area contributed by atoms with Crippen LogP contribution in [-0.4, -0.2) is 29.4 Å². The van der Waals surface area contributed by atoms with Crippen LogP contribution in [0, 0.1) is 23.7 Å². The minimum atomic E-state index is -0.253. The molecule has 142 valence electrons. The zero-order chi connectivity index (χ0) is 20.0. The maximum absolute atomic E-state index is 13.2. The third-order valence-electron chi connectivity index (χ3n) is 4.31. The Hall–Kier alpha value is -1.69. The zero-order valence-corrected chi connectivity index (χ0v) is 17.4. The van der Waals surface area contributed by atoms with E-state index in [2.05, 4.69) is 72.9 Å². The van der Waals surface area contributed by atoms with Gasteiger partial charge in [0.25, 0.3) is 0 Å². The van der Waals surface area contributed by atoms with E-state index < -0.39 is 0 Å². The number of terminal acetylenes is 1. The van der Waals surface area contributed by atoms with Crippen LogP contribution < -0.4 is 5.32 Å². The third-order valence-corrected chi connectivity index (χ3v) is 4.31. The maximum atomic E-state index is 13.2. The van der Waals surface area contributed by atoms with Crippen molar-refractivity contribution in [2.24, 2.45) is 10.8 Å². The first-order valence-corrected chi connectivity index (χ1v) is 9.06. The van der Waals surface area contributed by atoms with E-state index in [1.165, 1.54) is 0 Å². The Balaban J connectivity index is 0.00000277. The predicted molar refractivity (Wildman–Crippen MR) is 109 cm³/mol. The van der Waals surface area contributed by atoms with E-state index in [1.54, 1.807) is 0 Å². The van der Waals surface area contributed by atoms with Crippen molar-refractivity contribution in [1.82, 2.24) is 10.2 Å². The molecule has 0 saturated carbocycles. The summed E-state index contributed by atoms with van der Waals surface area (Å²) in [5, 5.41) is 3.43. The first kappa shape index (κ1) is 23.3. The molecule has 0 bridgehead atoms. The molecule has 1 saturated heterocycles. The van der Waals surface area contributed by atoms with E-state index in [0.717, 1.165) is 37.1 Å². The lowest BCUT2D eigenvalue weighted by molar-refractivity contribution is -0.136. The van der Waals surface area contributed by atoms with Crippen molar-refractivity contribution in [3.05, 3.63) is 24.4 Å². The third kappa shape index (κ3) is 7.38. The Labute approximate surface area is 155 Å². The number of hydrogen-bond acceptors (Lipinski definition) is 2. The lowest BCUT2D eigenvalue weighted by atomic mass is 9.84. The molecule has 1 aliphatic rings. The number of nitrogens with zero attached hydrogens (tertiary/aromatic N) is 1. The summed E-state index contributed by atoms with van der Waals surface area (Å²) < 4.78 is 0. The summed E-state index contributed by atoms with van der Waals surface area (Å²) in [6.07, 6.45) is 10.9. The largest absolute Gasteiger partial charge is 0.377 e. The Bertz CT molecular complexity index is 502. The van der Waals surface area contributed by atoms with Crippen molar-refractivity contribution in [3.63, 3.8) is 0 Å². The molecule has 25 heavy (non-hydrogen) atoms. The van der Waals surface area contributed by atoms with Crippen molar-refractivity contribution >= 4 is 5.91 Å². The number of likely N-dealkylation sites (tertiary alicyclic amines) is 1. The van der Waals surface area contributed by atoms with Gasteiger partial charge in [-0.1, -0.05) is 60.3 Å². The average Bonchev–Trinajstić information content (AvgIpc) is 2.92. The van der Waals surface area contributed by atoms with Crippen molar-refractivity contribution in [2.45, 2.75) is 79.8 Å². The second-order valence-corrected chi connectivity index (χ2v) is 9.32. The van der Waals surface area contributed by atoms with Gasteiger partial charge in [-0.2, -0.15) is 0 Å². The summed E-state index contributed by atoms with van der Waals surface area (Å²) in [6, 6.07) is -0.0673. The van der Waals surface area contributed by atoms with Crippen LogP contribution >= 0.6 is 0 Å². The fourth-order valence-corrected chi connectivity index (χ4v) is 3.25. The molecule has 1 N–H and O–H groups in total. The number of rotatable bonds is 5. The van der Waals surface area contributed by atoms with Crippen LogP contribution in [0.15, 0.2) is 24.4 Å². The minimum Gasteiger partial charge on any atom is -0.377 e. The van der Waals surface area contributed by atoms with E-state index in [4.69, 9.17) is 0 Å². The Morgan fingerprint density at radius 3 is 2.12 bits per heavy atom. The second-order valence-electron chi connectivity index (χ2n) is 9.32. The van der Waals surface area contributed by atoms with Gasteiger partial charge in [-0.25, -0.2) is 0 Å². The highest BCUT2D eigenvalue weighted by Crippen LogP contribution is 2.30. The molecule has 1 amide bonds. The van der Waals surface area contributed by atoms with Gasteiger partial charge >= 0.3 is 0 Å². The van der Waals surface area contributed by atoms with Gasteiger partial charge < -0.3 is 10.2 Å². The quantitative estimate of drug-likeness (QED) is 0.575. The van der Waals surface area contributed by atoms with Crippen LogP contribution in [0.3, 0.4) is 0 Å². The highest BCUT2D eigenvalue weighted by atomic mass is 16.2. The summed E-state index contributed by atoms with van der Waals surface area (Å²) in [5.74, 6) is 0.179. The SMILES string of the molecule is C#C.C=C(CC(C)(C)C)N[C@H](C(=O)N1CCC[C@H]1C(=C)C)C(C)(C)C. The van der Waals surface area contributed by atoms with E-state index in [-0.39, 0.29) is 28.8 Å². The predicted octanol–water partition coefficient (Wildman–Crippen LogP) is 4.76. The number of carbonyl (C=O) groups is 1. The number of nitrogens with one attached hydrogen (secondary N) is 1. The summed E-state index contributed by atoms with van der Waals surface area (Å²) in [5.41, 5.74) is 2.01. The maximum Gasteiger partial charge on any atom is 0.246 e. The van der Waals surface area contributed by atoms with Crippen molar-refractivity contribution in [1.29, 1.82) is 0 Å². The van der Waals surface area contributed by atoms with Crippen LogP contribution in [0.2, 0.25) is 0 Å². The van der Waals surface area contributed by atoms with Gasteiger partial charge in [0.2, 0.25) is 5.91 Å². The highest BCUT2D eigenvalue weighted by Gasteiger charge is 2.39. The van der Waals surface area contributed by atoms with Crippen molar-refractivity contribution in [2.75, 3.05) is 6.54 Å². The molecule has 0 spiro atoms. The molecule has 1 fully saturated rings. The van der Waals surface area contributed by atoms with Crippen LogP contribution in [0.25, 0.3) is 0 Å². The molecule has 0 aromatic heterocycles. The smallest absolute Gasteiger partial charge is 0.246 e. The molecule has 0 aromatic rings. The summed E-state index contributed by atoms with van der Waals surface area (Å²) in [6.45, 7) is 24.0. The first-order chi connectivity index (χ1) is 11.3. The molecule has 1 rings (SSSR count). The van der Waals surface area contributed by atoms with Crippen LogP contribution in [-0.2, 0) is 4.79 Å². The molecule has 2 atom stereocenters. The summed E-state index contributed by atoms with van der Waals surface area (Å²) in [4.78, 5) is 15.2. The van der Waals surface area contributed by atoms with Crippen molar-refractivity contribution < 1.29 is 4.79 Å². The first-order valence-electron chi connectivity index (χ1n) is 9.06. The summed E-state index contributed by atoms with van der Waals surface area (Å²) >= 11 is 0. The Morgan fingerprint density at radius 2 is 1.72 bits per heavy atom. The van der Waals surface area contributed by atoms with Gasteiger partial charge in [0.15, 0.2) is 0 Å². The number of amides is 1. The van der Waals surface area contributed by atoms with Crippen LogP contribution in [0.4, 0.5) is 0 Å². The lowest BCUT2D eigenvalue weighted by Crippen LogP contribution is -2.54. The molecule has 3 nitrogen and oxygen atoms in total. The second kappa shape index (κ2) is 9.13. The summed E-state index contributed by atoms with van der Waals surface area (Å²) in [7, 11) is 0.